The van der Waals surface area contributed by atoms with Gasteiger partial charge in [-0.05, 0) is 61.7 Å². The Morgan fingerprint density at radius 2 is 1.85 bits per heavy atom. The van der Waals surface area contributed by atoms with Crippen LogP contribution in [0.5, 0.6) is 5.75 Å². The number of carbonyl (C=O) groups excluding carboxylic acids is 1. The predicted molar refractivity (Wildman–Crippen MR) is 159 cm³/mol. The lowest BCUT2D eigenvalue weighted by molar-refractivity contribution is -0.144. The second-order valence-corrected chi connectivity index (χ2v) is 10.8. The number of hydrogen-bond donors (Lipinski definition) is 1. The third kappa shape index (κ3) is 8.27. The lowest BCUT2D eigenvalue weighted by Crippen LogP contribution is -2.46. The Bertz CT molecular complexity index is 1120. The first-order valence-corrected chi connectivity index (χ1v) is 14.7. The van der Waals surface area contributed by atoms with Crippen molar-refractivity contribution in [2.24, 2.45) is 0 Å². The number of aliphatic hydroxyl groups is 1. The van der Waals surface area contributed by atoms with Gasteiger partial charge in [0.05, 0.1) is 28.0 Å². The smallest absolute Gasteiger partial charge is 0.307 e. The SMILES string of the molecule is CCCCCC(=O)OCN1c2cc(OCCCCN3CCN(c4cccc(Cl)c4Cl)CC3)ccc2C=CC1O. The Morgan fingerprint density at radius 3 is 2.64 bits per heavy atom. The molecule has 2 heterocycles. The van der Waals surface area contributed by atoms with Crippen molar-refractivity contribution in [1.82, 2.24) is 4.90 Å². The van der Waals surface area contributed by atoms with Crippen molar-refractivity contribution in [1.29, 1.82) is 0 Å². The summed E-state index contributed by atoms with van der Waals surface area (Å²) in [7, 11) is 0. The maximum atomic E-state index is 12.1. The summed E-state index contributed by atoms with van der Waals surface area (Å²) in [6.07, 6.45) is 7.98. The number of benzene rings is 2. The van der Waals surface area contributed by atoms with Crippen molar-refractivity contribution >= 4 is 46.6 Å². The number of hydrogen-bond acceptors (Lipinski definition) is 7. The summed E-state index contributed by atoms with van der Waals surface area (Å²) in [5.41, 5.74) is 2.75. The summed E-state index contributed by atoms with van der Waals surface area (Å²) in [5.74, 6) is 0.497. The predicted octanol–water partition coefficient (Wildman–Crippen LogP) is 6.21. The molecule has 0 saturated carbocycles. The minimum atomic E-state index is -0.855. The molecular formula is C30H39Cl2N3O4. The third-order valence-corrected chi connectivity index (χ3v) is 8.02. The molecule has 2 aromatic rings. The van der Waals surface area contributed by atoms with Gasteiger partial charge >= 0.3 is 5.97 Å². The first kappa shape index (κ1) is 29.5. The molecule has 0 aromatic heterocycles. The minimum absolute atomic E-state index is 0.00367. The number of nitrogens with zero attached hydrogens (tertiary/aromatic N) is 3. The highest BCUT2D eigenvalue weighted by molar-refractivity contribution is 6.43. The van der Waals surface area contributed by atoms with E-state index in [-0.39, 0.29) is 12.7 Å². The van der Waals surface area contributed by atoms with Gasteiger partial charge in [-0.1, -0.05) is 55.1 Å². The quantitative estimate of drug-likeness (QED) is 0.225. The van der Waals surface area contributed by atoms with Crippen LogP contribution in [0, 0.1) is 0 Å². The van der Waals surface area contributed by atoms with Crippen LogP contribution in [0.25, 0.3) is 6.08 Å². The first-order valence-electron chi connectivity index (χ1n) is 13.9. The molecule has 0 spiro atoms. The highest BCUT2D eigenvalue weighted by Crippen LogP contribution is 2.33. The standard InChI is InChI=1S/C30H39Cl2N3O4/c1-2-3-4-10-29(37)39-22-35-27-21-24(13-11-23(27)12-14-28(35)36)38-20-6-5-15-33-16-18-34(19-17-33)26-9-7-8-25(31)30(26)32/h7-9,11-14,21,28,36H,2-6,10,15-20,22H2,1H3. The van der Waals surface area contributed by atoms with Gasteiger partial charge in [0, 0.05) is 38.7 Å². The van der Waals surface area contributed by atoms with Crippen molar-refractivity contribution < 1.29 is 19.4 Å². The number of ether oxygens (including phenoxy) is 2. The van der Waals surface area contributed by atoms with Gasteiger partial charge in [0.15, 0.2) is 6.73 Å². The van der Waals surface area contributed by atoms with Crippen molar-refractivity contribution in [3.63, 3.8) is 0 Å². The second-order valence-electron chi connectivity index (χ2n) is 10.0. The lowest BCUT2D eigenvalue weighted by Gasteiger charge is -2.36. The molecule has 0 bridgehead atoms. The van der Waals surface area contributed by atoms with Crippen LogP contribution in [0.15, 0.2) is 42.5 Å². The van der Waals surface area contributed by atoms with E-state index in [1.165, 1.54) is 0 Å². The van der Waals surface area contributed by atoms with Crippen molar-refractivity contribution in [2.75, 3.05) is 55.9 Å². The highest BCUT2D eigenvalue weighted by Gasteiger charge is 2.23. The van der Waals surface area contributed by atoms with Crippen molar-refractivity contribution in [2.45, 2.75) is 51.7 Å². The zero-order chi connectivity index (χ0) is 27.6. The maximum Gasteiger partial charge on any atom is 0.307 e. The van der Waals surface area contributed by atoms with Crippen LogP contribution in [0.3, 0.4) is 0 Å². The minimum Gasteiger partial charge on any atom is -0.494 e. The first-order chi connectivity index (χ1) is 19.0. The third-order valence-electron chi connectivity index (χ3n) is 7.21. The second kappa shape index (κ2) is 14.8. The average molecular weight is 577 g/mol. The number of aliphatic hydroxyl groups excluding tert-OH is 1. The molecule has 1 saturated heterocycles. The number of carbonyl (C=O) groups is 1. The zero-order valence-corrected chi connectivity index (χ0v) is 24.2. The number of halogens is 2. The number of fused-ring (bicyclic) bond motifs is 1. The molecule has 0 amide bonds. The normalized spacial score (nSPS) is 17.3. The molecule has 4 rings (SSSR count). The van der Waals surface area contributed by atoms with Crippen LogP contribution in [0.2, 0.25) is 10.0 Å². The van der Waals surface area contributed by atoms with Gasteiger partial charge in [-0.25, -0.2) is 0 Å². The molecule has 1 N–H and O–H groups in total. The van der Waals surface area contributed by atoms with Gasteiger partial charge < -0.3 is 24.4 Å². The molecular weight excluding hydrogens is 537 g/mol. The fourth-order valence-electron chi connectivity index (χ4n) is 4.89. The molecule has 1 atom stereocenters. The van der Waals surface area contributed by atoms with Gasteiger partial charge in [0.2, 0.25) is 0 Å². The summed E-state index contributed by atoms with van der Waals surface area (Å²) < 4.78 is 11.5. The van der Waals surface area contributed by atoms with Crippen molar-refractivity contribution in [3.8, 4) is 5.75 Å². The number of esters is 1. The molecule has 2 aliphatic heterocycles. The van der Waals surface area contributed by atoms with Crippen LogP contribution in [0.1, 0.15) is 51.0 Å². The molecule has 0 radical (unpaired) electrons. The van der Waals surface area contributed by atoms with E-state index in [1.54, 1.807) is 11.0 Å². The van der Waals surface area contributed by atoms with E-state index in [0.717, 1.165) is 87.5 Å². The largest absolute Gasteiger partial charge is 0.494 e. The van der Waals surface area contributed by atoms with E-state index in [1.807, 2.05) is 42.5 Å². The van der Waals surface area contributed by atoms with E-state index in [2.05, 4.69) is 16.7 Å². The molecule has 2 aliphatic rings. The Balaban J connectivity index is 1.19. The lowest BCUT2D eigenvalue weighted by atomic mass is 10.1. The number of anilines is 2. The summed E-state index contributed by atoms with van der Waals surface area (Å²) in [4.78, 5) is 18.5. The molecule has 212 valence electrons. The number of piperazine rings is 1. The molecule has 9 heteroatoms. The van der Waals surface area contributed by atoms with E-state index < -0.39 is 6.23 Å². The van der Waals surface area contributed by atoms with Crippen LogP contribution in [0.4, 0.5) is 11.4 Å². The molecule has 39 heavy (non-hydrogen) atoms. The Morgan fingerprint density at radius 1 is 1.03 bits per heavy atom. The van der Waals surface area contributed by atoms with Crippen LogP contribution in [-0.2, 0) is 9.53 Å². The molecule has 0 aliphatic carbocycles. The molecule has 1 unspecified atom stereocenters. The van der Waals surface area contributed by atoms with E-state index in [9.17, 15) is 9.90 Å². The molecule has 1 fully saturated rings. The van der Waals surface area contributed by atoms with Gasteiger partial charge in [0.25, 0.3) is 0 Å². The van der Waals surface area contributed by atoms with Gasteiger partial charge in [-0.15, -0.1) is 0 Å². The van der Waals surface area contributed by atoms with Crippen LogP contribution < -0.4 is 14.5 Å². The Kier molecular flexibility index (Phi) is 11.2. The summed E-state index contributed by atoms with van der Waals surface area (Å²) >= 11 is 12.6. The monoisotopic (exact) mass is 575 g/mol. The summed E-state index contributed by atoms with van der Waals surface area (Å²) in [5, 5.41) is 11.7. The van der Waals surface area contributed by atoms with E-state index in [4.69, 9.17) is 32.7 Å². The number of rotatable bonds is 13. The fraction of sp³-hybridized carbons (Fsp3) is 0.500. The molecule has 2 aromatic carbocycles. The Labute approximate surface area is 241 Å². The van der Waals surface area contributed by atoms with E-state index in [0.29, 0.717) is 23.1 Å². The number of unbranched alkanes of at least 4 members (excludes halogenated alkanes) is 3. The average Bonchev–Trinajstić information content (AvgIpc) is 2.94. The maximum absolute atomic E-state index is 12.1. The summed E-state index contributed by atoms with van der Waals surface area (Å²) in [6.45, 7) is 7.57. The van der Waals surface area contributed by atoms with E-state index >= 15 is 0 Å². The van der Waals surface area contributed by atoms with Gasteiger partial charge in [-0.3, -0.25) is 9.69 Å². The zero-order valence-electron chi connectivity index (χ0n) is 22.7. The topological polar surface area (TPSA) is 65.5 Å². The van der Waals surface area contributed by atoms with Gasteiger partial charge in [-0.2, -0.15) is 0 Å². The Hall–Kier alpha value is -2.45. The molecule has 7 nitrogen and oxygen atoms in total. The van der Waals surface area contributed by atoms with Crippen LogP contribution in [-0.4, -0.2) is 68.3 Å². The summed E-state index contributed by atoms with van der Waals surface area (Å²) in [6, 6.07) is 11.6. The van der Waals surface area contributed by atoms with Crippen molar-refractivity contribution in [3.05, 3.63) is 58.1 Å². The van der Waals surface area contributed by atoms with Crippen LogP contribution >= 0.6 is 23.2 Å². The van der Waals surface area contributed by atoms with Gasteiger partial charge in [0.1, 0.15) is 12.0 Å². The fourth-order valence-corrected chi connectivity index (χ4v) is 5.31. The highest BCUT2D eigenvalue weighted by atomic mass is 35.5.